The number of carbonyl (C=O) groups is 4. The highest BCUT2D eigenvalue weighted by atomic mass is 19.4. The second-order valence-corrected chi connectivity index (χ2v) is 19.4. The number of aromatic nitrogens is 9. The molecule has 10 aromatic rings. The van der Waals surface area contributed by atoms with E-state index in [0.29, 0.717) is 63.1 Å². The molecule has 0 saturated carbocycles. The van der Waals surface area contributed by atoms with E-state index in [0.717, 1.165) is 35.4 Å². The van der Waals surface area contributed by atoms with Crippen LogP contribution in [0.25, 0.3) is 22.7 Å². The Kier molecular flexibility index (Phi) is 16.7. The number of aryl methyl sites for hydroxylation is 2. The lowest BCUT2D eigenvalue weighted by molar-refractivity contribution is -0.138. The van der Waals surface area contributed by atoms with Crippen LogP contribution in [-0.2, 0) is 30.1 Å². The zero-order valence-electron chi connectivity index (χ0n) is 45.6. The molecule has 6 heterocycles. The van der Waals surface area contributed by atoms with Crippen LogP contribution in [0.3, 0.4) is 0 Å². The molecule has 10 rings (SSSR count). The number of nitrogens with one attached hydrogen (secondary N) is 3. The van der Waals surface area contributed by atoms with Crippen LogP contribution in [0.5, 0.6) is 0 Å². The van der Waals surface area contributed by atoms with Gasteiger partial charge >= 0.3 is 12.4 Å². The number of imidazole rings is 4. The monoisotopic (exact) mass is 1140 g/mol. The first-order chi connectivity index (χ1) is 40.0. The smallest absolute Gasteiger partial charge is 0.354 e. The third-order valence-electron chi connectivity index (χ3n) is 12.8. The quantitative estimate of drug-likeness (QED) is 0.0638. The molecule has 0 bridgehead atoms. The summed E-state index contributed by atoms with van der Waals surface area (Å²) >= 11 is 0. The summed E-state index contributed by atoms with van der Waals surface area (Å²) in [5.41, 5.74) is 4.98. The molecule has 84 heavy (non-hydrogen) atoms. The van der Waals surface area contributed by atoms with Gasteiger partial charge in [0.2, 0.25) is 5.91 Å². The van der Waals surface area contributed by atoms with Crippen molar-refractivity contribution in [3.63, 3.8) is 0 Å². The molecule has 0 radical (unpaired) electrons. The van der Waals surface area contributed by atoms with Crippen molar-refractivity contribution in [3.8, 4) is 35.1 Å². The summed E-state index contributed by atoms with van der Waals surface area (Å²) in [4.78, 5) is 72.6. The number of alkyl halides is 6. The van der Waals surface area contributed by atoms with Gasteiger partial charge in [-0.05, 0) is 123 Å². The van der Waals surface area contributed by atoms with Crippen molar-refractivity contribution in [2.45, 2.75) is 46.1 Å². The highest BCUT2D eigenvalue weighted by molar-refractivity contribution is 6.05. The topological polar surface area (TPSA) is 191 Å². The molecule has 3 N–H and O–H groups in total. The van der Waals surface area contributed by atoms with Crippen molar-refractivity contribution in [1.29, 1.82) is 0 Å². The second-order valence-electron chi connectivity index (χ2n) is 19.4. The Bertz CT molecular complexity index is 4320. The molecule has 6 aromatic heterocycles. The molecule has 0 fully saturated rings. The Morgan fingerprint density at radius 2 is 1.35 bits per heavy atom. The van der Waals surface area contributed by atoms with Crippen LogP contribution in [-0.4, -0.2) is 92.4 Å². The van der Waals surface area contributed by atoms with Crippen LogP contribution >= 0.6 is 0 Å². The number of halogens is 6. The van der Waals surface area contributed by atoms with E-state index in [1.54, 1.807) is 111 Å². The van der Waals surface area contributed by atoms with E-state index in [-0.39, 0.29) is 46.3 Å². The Balaban J connectivity index is 0.000000202. The number of amides is 3. The molecule has 23 heteroatoms. The van der Waals surface area contributed by atoms with Crippen molar-refractivity contribution < 1.29 is 45.5 Å². The van der Waals surface area contributed by atoms with Crippen molar-refractivity contribution in [1.82, 2.24) is 53.1 Å². The Labute approximate surface area is 476 Å². The standard InChI is InChI=1S/C33H29F3N6O2.C28H20F3N7O2/c1-21-7-8-25(17-24(21)9-10-27-19-38-32-29(39-22(2)43)6-5-12-42(27)32)30(44)16-23-14-26(33(34,35)36)18-28(15-23)41-13-11-37-31(41)20-40(3)4;1-17-3-5-21(10-18(17)4-6-22-13-34-25-14-33-7-8-38(22)25)36-26(39)19-9-20(28(29,30)31)12-23(11-19)37-15-24(35-16-37)27(40)32-2/h5-8,11-15,17-19H,16,20H2,1-4H3,(H,39,43);3,5,7-16H,1-2H3,(H,32,40)(H,36,39). The van der Waals surface area contributed by atoms with E-state index in [2.05, 4.69) is 64.6 Å². The number of benzene rings is 4. The first-order valence-electron chi connectivity index (χ1n) is 25.5. The van der Waals surface area contributed by atoms with Gasteiger partial charge in [-0.15, -0.1) is 0 Å². The maximum Gasteiger partial charge on any atom is 0.416 e. The highest BCUT2D eigenvalue weighted by Gasteiger charge is 2.33. The lowest BCUT2D eigenvalue weighted by Gasteiger charge is -2.16. The minimum atomic E-state index is -4.71. The number of ketones is 1. The first kappa shape index (κ1) is 58.0. The van der Waals surface area contributed by atoms with Gasteiger partial charge < -0.3 is 30.0 Å². The molecule has 0 aliphatic heterocycles. The normalized spacial score (nSPS) is 11.3. The van der Waals surface area contributed by atoms with Gasteiger partial charge in [-0.1, -0.05) is 30.0 Å². The molecule has 3 amide bonds. The lowest BCUT2D eigenvalue weighted by Crippen LogP contribution is -2.18. The van der Waals surface area contributed by atoms with Gasteiger partial charge in [-0.3, -0.25) is 33.0 Å². The van der Waals surface area contributed by atoms with Crippen molar-refractivity contribution in [2.75, 3.05) is 31.8 Å². The minimum Gasteiger partial charge on any atom is -0.354 e. The summed E-state index contributed by atoms with van der Waals surface area (Å²) in [5.74, 6) is 11.0. The van der Waals surface area contributed by atoms with E-state index in [9.17, 15) is 45.5 Å². The number of rotatable bonds is 11. The second kappa shape index (κ2) is 24.2. The van der Waals surface area contributed by atoms with E-state index < -0.39 is 35.3 Å². The Hall–Kier alpha value is -10.7. The van der Waals surface area contributed by atoms with E-state index in [4.69, 9.17) is 0 Å². The van der Waals surface area contributed by atoms with Crippen molar-refractivity contribution >= 4 is 46.2 Å². The number of carbonyl (C=O) groups excluding carboxylic acids is 4. The molecule has 0 aliphatic carbocycles. The molecule has 0 unspecified atom stereocenters. The van der Waals surface area contributed by atoms with Crippen LogP contribution in [0.4, 0.5) is 37.7 Å². The number of anilines is 2. The van der Waals surface area contributed by atoms with E-state index >= 15 is 0 Å². The predicted molar refractivity (Wildman–Crippen MR) is 301 cm³/mol. The summed E-state index contributed by atoms with van der Waals surface area (Å²) in [6.45, 7) is 5.55. The van der Waals surface area contributed by atoms with Crippen LogP contribution in [0.1, 0.15) is 94.3 Å². The van der Waals surface area contributed by atoms with Gasteiger partial charge in [0, 0.05) is 96.9 Å². The fourth-order valence-corrected chi connectivity index (χ4v) is 8.66. The number of hydrogen-bond donors (Lipinski definition) is 3. The summed E-state index contributed by atoms with van der Waals surface area (Å²) in [6.07, 6.45) is 6.04. The number of hydrogen-bond acceptors (Lipinski definition) is 10. The van der Waals surface area contributed by atoms with Crippen LogP contribution in [0.15, 0.2) is 147 Å². The maximum absolute atomic E-state index is 13.9. The summed E-state index contributed by atoms with van der Waals surface area (Å²) in [5, 5.41) is 7.79. The van der Waals surface area contributed by atoms with Crippen LogP contribution < -0.4 is 16.0 Å². The molecule has 4 aromatic carbocycles. The Morgan fingerprint density at radius 3 is 2.06 bits per heavy atom. The number of fused-ring (bicyclic) bond motifs is 2. The minimum absolute atomic E-state index is 0.0137. The van der Waals surface area contributed by atoms with Crippen LogP contribution in [0.2, 0.25) is 0 Å². The lowest BCUT2D eigenvalue weighted by atomic mass is 9.97. The molecule has 17 nitrogen and oxygen atoms in total. The Morgan fingerprint density at radius 1 is 0.655 bits per heavy atom. The molecule has 0 aliphatic rings. The third kappa shape index (κ3) is 13.6. The zero-order valence-corrected chi connectivity index (χ0v) is 45.6. The predicted octanol–water partition coefficient (Wildman–Crippen LogP) is 9.95. The van der Waals surface area contributed by atoms with E-state index in [1.165, 1.54) is 43.3 Å². The fourth-order valence-electron chi connectivity index (χ4n) is 8.66. The van der Waals surface area contributed by atoms with E-state index in [1.807, 2.05) is 32.8 Å². The van der Waals surface area contributed by atoms with Gasteiger partial charge in [-0.2, -0.15) is 26.3 Å². The molecule has 424 valence electrons. The highest BCUT2D eigenvalue weighted by Crippen LogP contribution is 2.34. The van der Waals surface area contributed by atoms with Gasteiger partial charge in [0.1, 0.15) is 29.2 Å². The zero-order chi connectivity index (χ0) is 60.0. The van der Waals surface area contributed by atoms with Gasteiger partial charge in [0.25, 0.3) is 11.8 Å². The van der Waals surface area contributed by atoms with Crippen molar-refractivity contribution in [3.05, 3.63) is 220 Å². The average molecular weight is 1140 g/mol. The average Bonchev–Trinajstić information content (AvgIpc) is 3.91. The van der Waals surface area contributed by atoms with Crippen LogP contribution in [0, 0.1) is 37.5 Å². The van der Waals surface area contributed by atoms with Gasteiger partial charge in [0.15, 0.2) is 17.1 Å². The van der Waals surface area contributed by atoms with Gasteiger partial charge in [-0.25, -0.2) is 19.9 Å². The summed E-state index contributed by atoms with van der Waals surface area (Å²) < 4.78 is 89.1. The third-order valence-corrected chi connectivity index (χ3v) is 12.8. The van der Waals surface area contributed by atoms with Crippen molar-refractivity contribution in [2.24, 2.45) is 0 Å². The number of Topliss-reactive ketones (excluding diaryl/α,β-unsaturated/α-hetero) is 1. The SMILES string of the molecule is CC(=O)Nc1cccn2c(C#Cc3cc(C(=O)Cc4cc(-n5ccnc5CN(C)C)cc(C(F)(F)F)c4)ccc3C)cnc12.CNC(=O)c1cn(-c2cc(C(=O)Nc3ccc(C)c(C#Cc4cnc5cnccn45)c3)cc(C(F)(F)F)c2)cn1. The van der Waals surface area contributed by atoms with Gasteiger partial charge in [0.05, 0.1) is 41.9 Å². The fraction of sp³-hybridized carbons (Fsp3) is 0.164. The molecule has 0 atom stereocenters. The molecular formula is C61H49F6N13O4. The molecular weight excluding hydrogens is 1090 g/mol. The summed E-state index contributed by atoms with van der Waals surface area (Å²) in [6, 6.07) is 20.2. The first-order valence-corrected chi connectivity index (χ1v) is 25.5. The molecule has 0 saturated heterocycles. The largest absolute Gasteiger partial charge is 0.416 e. The summed E-state index contributed by atoms with van der Waals surface area (Å²) in [7, 11) is 5.10. The maximum atomic E-state index is 13.9. The number of pyridine rings is 1. The molecule has 0 spiro atoms. The number of nitrogens with zero attached hydrogens (tertiary/aromatic N) is 10.